The summed E-state index contributed by atoms with van der Waals surface area (Å²) in [6.07, 6.45) is 5.96. The van der Waals surface area contributed by atoms with E-state index < -0.39 is 0 Å². The zero-order valence-corrected chi connectivity index (χ0v) is 17.9. The lowest BCUT2D eigenvalue weighted by Crippen LogP contribution is -2.25. The maximum absolute atomic E-state index is 2.45. The summed E-state index contributed by atoms with van der Waals surface area (Å²) in [5, 5.41) is 0. The smallest absolute Gasteiger partial charge is 0.0203 e. The van der Waals surface area contributed by atoms with Gasteiger partial charge in [-0.15, -0.1) is 0 Å². The molecule has 0 spiro atoms. The zero-order valence-electron chi connectivity index (χ0n) is 17.9. The Morgan fingerprint density at radius 3 is 1.09 bits per heavy atom. The lowest BCUT2D eigenvalue weighted by atomic mass is 9.73. The van der Waals surface area contributed by atoms with Crippen LogP contribution in [0.4, 0.5) is 0 Å². The maximum atomic E-state index is 2.45. The van der Waals surface area contributed by atoms with Crippen LogP contribution in [-0.4, -0.2) is 0 Å². The molecule has 2 unspecified atom stereocenters. The molecule has 0 aromatic heterocycles. The molecule has 1 rings (SSSR count). The predicted octanol–water partition coefficient (Wildman–Crippen LogP) is 7.74. The lowest BCUT2D eigenvalue weighted by Gasteiger charge is -2.32. The van der Waals surface area contributed by atoms with Crippen LogP contribution < -0.4 is 0 Å². The van der Waals surface area contributed by atoms with Crippen molar-refractivity contribution in [3.8, 4) is 0 Å². The predicted molar refractivity (Wildman–Crippen MR) is 103 cm³/mol. The quantitative estimate of drug-likeness (QED) is 0.401. The Balaban J connectivity index is 0.000000409. The molecule has 1 fully saturated rings. The van der Waals surface area contributed by atoms with Crippen LogP contribution in [0.3, 0.4) is 0 Å². The minimum Gasteiger partial charge on any atom is -0.0826 e. The highest BCUT2D eigenvalue weighted by atomic mass is 14.6. The van der Waals surface area contributed by atoms with Gasteiger partial charge in [0.25, 0.3) is 0 Å². The summed E-state index contributed by atoms with van der Waals surface area (Å²) in [5.74, 6) is 0.921. The van der Waals surface area contributed by atoms with E-state index in [1.54, 1.807) is 0 Å². The van der Waals surface area contributed by atoms with Crippen molar-refractivity contribution in [3.63, 3.8) is 0 Å². The van der Waals surface area contributed by atoms with Crippen molar-refractivity contribution in [1.29, 1.82) is 0 Å². The Kier molecular flexibility index (Phi) is 6.25. The Morgan fingerprint density at radius 1 is 0.682 bits per heavy atom. The average Bonchev–Trinajstić information content (AvgIpc) is 2.87. The molecule has 0 aliphatic heterocycles. The summed E-state index contributed by atoms with van der Waals surface area (Å²) in [6, 6.07) is 0. The van der Waals surface area contributed by atoms with Gasteiger partial charge in [-0.1, -0.05) is 102 Å². The first kappa shape index (κ1) is 21.7. The molecular formula is C22H44. The van der Waals surface area contributed by atoms with Gasteiger partial charge in [-0.05, 0) is 39.4 Å². The molecule has 0 saturated heterocycles. The van der Waals surface area contributed by atoms with Gasteiger partial charge in [-0.25, -0.2) is 0 Å². The van der Waals surface area contributed by atoms with Crippen molar-refractivity contribution in [2.24, 2.45) is 33.0 Å². The third-order valence-corrected chi connectivity index (χ3v) is 5.08. The van der Waals surface area contributed by atoms with Gasteiger partial charge in [-0.2, -0.15) is 0 Å². The molecule has 0 heterocycles. The zero-order chi connectivity index (χ0) is 18.2. The summed E-state index contributed by atoms with van der Waals surface area (Å²) >= 11 is 0. The summed E-state index contributed by atoms with van der Waals surface area (Å²) < 4.78 is 0. The van der Waals surface area contributed by atoms with Crippen LogP contribution >= 0.6 is 0 Å². The van der Waals surface area contributed by atoms with E-state index >= 15 is 0 Å². The standard InChI is InChI=1S/C12H24.C10H20/c1-10(2,3)9-8-12(9,7)11(4,5)6;1-9(2,3)7-8-10(4,5)6/h9H,8H2,1-7H3;7-8H,1-6H3/b;8-7-. The molecular weight excluding hydrogens is 264 g/mol. The van der Waals surface area contributed by atoms with Crippen molar-refractivity contribution in [2.75, 3.05) is 0 Å². The summed E-state index contributed by atoms with van der Waals surface area (Å²) in [6.45, 7) is 30.0. The number of allylic oxidation sites excluding steroid dienone is 2. The third-order valence-electron chi connectivity index (χ3n) is 5.08. The van der Waals surface area contributed by atoms with E-state index in [0.717, 1.165) is 5.92 Å². The molecule has 22 heavy (non-hydrogen) atoms. The summed E-state index contributed by atoms with van der Waals surface area (Å²) in [5.41, 5.74) is 2.22. The van der Waals surface area contributed by atoms with Gasteiger partial charge in [0.1, 0.15) is 0 Å². The fourth-order valence-corrected chi connectivity index (χ4v) is 2.96. The van der Waals surface area contributed by atoms with Crippen LogP contribution in [0.1, 0.15) is 96.4 Å². The molecule has 1 saturated carbocycles. The highest BCUT2D eigenvalue weighted by Gasteiger charge is 2.60. The van der Waals surface area contributed by atoms with Crippen molar-refractivity contribution >= 4 is 0 Å². The maximum Gasteiger partial charge on any atom is -0.0203 e. The molecule has 0 amide bonds. The molecule has 0 aromatic carbocycles. The first-order valence-electron chi connectivity index (χ1n) is 9.00. The monoisotopic (exact) mass is 308 g/mol. The molecule has 0 aromatic rings. The Hall–Kier alpha value is -0.260. The molecule has 132 valence electrons. The first-order chi connectivity index (χ1) is 9.30. The van der Waals surface area contributed by atoms with Crippen LogP contribution in [0.2, 0.25) is 0 Å². The second-order valence-electron chi connectivity index (χ2n) is 11.9. The van der Waals surface area contributed by atoms with Gasteiger partial charge in [0.2, 0.25) is 0 Å². The SMILES string of the molecule is CC(C)(C)/C=C\C(C)(C)C.CC(C)(C)C1CC1(C)C(C)(C)C. The molecule has 0 bridgehead atoms. The minimum absolute atomic E-state index is 0.327. The van der Waals surface area contributed by atoms with Crippen LogP contribution in [0.25, 0.3) is 0 Å². The molecule has 1 aliphatic carbocycles. The highest BCUT2D eigenvalue weighted by Crippen LogP contribution is 2.68. The second kappa shape index (κ2) is 6.33. The van der Waals surface area contributed by atoms with Crippen molar-refractivity contribution in [3.05, 3.63) is 12.2 Å². The number of hydrogen-bond donors (Lipinski definition) is 0. The van der Waals surface area contributed by atoms with Gasteiger partial charge in [0.15, 0.2) is 0 Å². The molecule has 0 radical (unpaired) electrons. The van der Waals surface area contributed by atoms with E-state index in [0.29, 0.717) is 27.1 Å². The summed E-state index contributed by atoms with van der Waals surface area (Å²) in [4.78, 5) is 0. The van der Waals surface area contributed by atoms with E-state index in [1.165, 1.54) is 6.42 Å². The lowest BCUT2D eigenvalue weighted by molar-refractivity contribution is 0.166. The Bertz CT molecular complexity index is 354. The van der Waals surface area contributed by atoms with Gasteiger partial charge >= 0.3 is 0 Å². The van der Waals surface area contributed by atoms with Crippen LogP contribution in [0.5, 0.6) is 0 Å². The van der Waals surface area contributed by atoms with Crippen molar-refractivity contribution < 1.29 is 0 Å². The van der Waals surface area contributed by atoms with E-state index in [-0.39, 0.29) is 0 Å². The van der Waals surface area contributed by atoms with Gasteiger partial charge < -0.3 is 0 Å². The average molecular weight is 309 g/mol. The Morgan fingerprint density at radius 2 is 1.00 bits per heavy atom. The highest BCUT2D eigenvalue weighted by molar-refractivity contribution is 5.09. The van der Waals surface area contributed by atoms with E-state index in [1.807, 2.05) is 0 Å². The minimum atomic E-state index is 0.327. The molecule has 1 aliphatic rings. The van der Waals surface area contributed by atoms with Crippen LogP contribution in [0.15, 0.2) is 12.2 Å². The molecule has 0 nitrogen and oxygen atoms in total. The first-order valence-corrected chi connectivity index (χ1v) is 9.00. The largest absolute Gasteiger partial charge is 0.0826 e. The van der Waals surface area contributed by atoms with E-state index in [4.69, 9.17) is 0 Å². The van der Waals surface area contributed by atoms with E-state index in [2.05, 4.69) is 102 Å². The number of rotatable bonds is 0. The second-order valence-corrected chi connectivity index (χ2v) is 11.9. The third kappa shape index (κ3) is 7.34. The van der Waals surface area contributed by atoms with Gasteiger partial charge in [0, 0.05) is 0 Å². The Labute approximate surface area is 142 Å². The van der Waals surface area contributed by atoms with Gasteiger partial charge in [0.05, 0.1) is 0 Å². The van der Waals surface area contributed by atoms with Crippen LogP contribution in [-0.2, 0) is 0 Å². The van der Waals surface area contributed by atoms with Crippen LogP contribution in [0, 0.1) is 33.0 Å². The van der Waals surface area contributed by atoms with Gasteiger partial charge in [-0.3, -0.25) is 0 Å². The fourth-order valence-electron chi connectivity index (χ4n) is 2.96. The molecule has 0 heteroatoms. The van der Waals surface area contributed by atoms with Crippen molar-refractivity contribution in [2.45, 2.75) is 96.4 Å². The molecule has 2 atom stereocenters. The van der Waals surface area contributed by atoms with E-state index in [9.17, 15) is 0 Å². The van der Waals surface area contributed by atoms with Crippen molar-refractivity contribution in [1.82, 2.24) is 0 Å². The number of hydrogen-bond acceptors (Lipinski definition) is 0. The fraction of sp³-hybridized carbons (Fsp3) is 0.909. The molecule has 0 N–H and O–H groups in total. The summed E-state index contributed by atoms with van der Waals surface area (Å²) in [7, 11) is 0. The topological polar surface area (TPSA) is 0 Å². The normalized spacial score (nSPS) is 26.7.